The Bertz CT molecular complexity index is 578. The molecule has 0 heterocycles. The lowest BCUT2D eigenvalue weighted by Crippen LogP contribution is -2.15. The van der Waals surface area contributed by atoms with Gasteiger partial charge in [-0.05, 0) is 12.8 Å². The van der Waals surface area contributed by atoms with Crippen LogP contribution in [0, 0.1) is 0 Å². The van der Waals surface area contributed by atoms with Crippen LogP contribution in [-0.4, -0.2) is 224 Å². The molecule has 0 bridgehead atoms. The van der Waals surface area contributed by atoms with E-state index >= 15 is 0 Å². The third-order valence-electron chi connectivity index (χ3n) is 6.29. The number of aliphatic hydroxyl groups is 1. The maximum absolute atomic E-state index is 8.59. The van der Waals surface area contributed by atoms with Crippen LogP contribution >= 0.6 is 0 Å². The molecule has 0 aliphatic heterocycles. The predicted molar refractivity (Wildman–Crippen MR) is 192 cm³/mol. The fourth-order valence-electron chi connectivity index (χ4n) is 3.63. The van der Waals surface area contributed by atoms with Gasteiger partial charge in [0.1, 0.15) is 6.61 Å². The number of hydrogen-bond acceptors (Lipinski definition) is 18. The molecule has 0 amide bonds. The second-order valence-electron chi connectivity index (χ2n) is 10.6. The zero-order chi connectivity index (χ0) is 38.1. The van der Waals surface area contributed by atoms with Crippen LogP contribution in [-0.2, 0) is 80.8 Å². The average Bonchev–Trinajstić information content (AvgIpc) is 3.17. The van der Waals surface area contributed by atoms with E-state index in [9.17, 15) is 0 Å². The van der Waals surface area contributed by atoms with E-state index in [0.717, 1.165) is 12.8 Å². The van der Waals surface area contributed by atoms with Gasteiger partial charge in [-0.15, -0.1) is 0 Å². The van der Waals surface area contributed by atoms with Gasteiger partial charge >= 0.3 is 0 Å². The van der Waals surface area contributed by atoms with E-state index in [2.05, 4.69) is 0 Å². The van der Waals surface area contributed by atoms with Crippen LogP contribution in [0.3, 0.4) is 0 Å². The van der Waals surface area contributed by atoms with Crippen LogP contribution in [0.4, 0.5) is 0 Å². The second kappa shape index (κ2) is 51.3. The number of unbranched alkanes of at least 4 members (excludes halogenated alkanes) is 1. The largest absolute Gasteiger partial charge is 0.394 e. The molecule has 1 N–H and O–H groups in total. The zero-order valence-electron chi connectivity index (χ0n) is 32.4. The van der Waals surface area contributed by atoms with E-state index in [1.807, 2.05) is 0 Å². The van der Waals surface area contributed by atoms with Crippen molar-refractivity contribution in [2.24, 2.45) is 0 Å². The van der Waals surface area contributed by atoms with Gasteiger partial charge in [0, 0.05) is 13.7 Å². The summed E-state index contributed by atoms with van der Waals surface area (Å²) in [5.74, 6) is 0. The monoisotopic (exact) mass is 780 g/mol. The molecule has 18 heteroatoms. The van der Waals surface area contributed by atoms with Crippen molar-refractivity contribution in [1.82, 2.24) is 0 Å². The molecule has 0 aliphatic carbocycles. The Morgan fingerprint density at radius 3 is 0.717 bits per heavy atom. The fraction of sp³-hybridized carbons (Fsp3) is 1.00. The first-order valence-corrected chi connectivity index (χ1v) is 18.8. The minimum absolute atomic E-state index is 0.0215. The van der Waals surface area contributed by atoms with Crippen LogP contribution < -0.4 is 0 Å². The Morgan fingerprint density at radius 1 is 0.226 bits per heavy atom. The van der Waals surface area contributed by atoms with Gasteiger partial charge in [0.2, 0.25) is 0 Å². The first kappa shape index (κ1) is 52.3. The zero-order valence-corrected chi connectivity index (χ0v) is 32.4. The summed E-state index contributed by atoms with van der Waals surface area (Å²) in [6.45, 7) is 15.6. The molecule has 0 atom stereocenters. The minimum Gasteiger partial charge on any atom is -0.394 e. The summed E-state index contributed by atoms with van der Waals surface area (Å²) in [5.41, 5.74) is 0. The predicted octanol–water partition coefficient (Wildman–Crippen LogP) is 0.586. The fourth-order valence-corrected chi connectivity index (χ4v) is 3.63. The van der Waals surface area contributed by atoms with Gasteiger partial charge in [-0.1, -0.05) is 0 Å². The van der Waals surface area contributed by atoms with Gasteiger partial charge < -0.3 is 76.2 Å². The van der Waals surface area contributed by atoms with E-state index < -0.39 is 0 Å². The van der Waals surface area contributed by atoms with Gasteiger partial charge in [0.05, 0.1) is 198 Å². The quantitative estimate of drug-likeness (QED) is 0.0515. The molecule has 18 nitrogen and oxygen atoms in total. The Hall–Kier alpha value is -0.720. The van der Waals surface area contributed by atoms with Crippen LogP contribution in [0.15, 0.2) is 0 Å². The molecular weight excluding hydrogens is 708 g/mol. The lowest BCUT2D eigenvalue weighted by molar-refractivity contribution is -0.299. The molecule has 53 heavy (non-hydrogen) atoms. The molecule has 0 unspecified atom stereocenters. The summed E-state index contributed by atoms with van der Waals surface area (Å²) in [5, 5.41) is 8.59. The maximum atomic E-state index is 8.59. The van der Waals surface area contributed by atoms with Crippen molar-refractivity contribution in [2.75, 3.05) is 219 Å². The van der Waals surface area contributed by atoms with Crippen molar-refractivity contribution in [2.45, 2.75) is 12.8 Å². The first-order valence-electron chi connectivity index (χ1n) is 18.8. The molecule has 0 radical (unpaired) electrons. The minimum atomic E-state index is 0.0215. The Morgan fingerprint density at radius 2 is 0.434 bits per heavy atom. The van der Waals surface area contributed by atoms with Gasteiger partial charge in [0.15, 0.2) is 0 Å². The highest BCUT2D eigenvalue weighted by Crippen LogP contribution is 1.93. The molecule has 0 spiro atoms. The average molecular weight is 781 g/mol. The van der Waals surface area contributed by atoms with Gasteiger partial charge in [-0.2, -0.15) is 0 Å². The molecule has 0 aromatic heterocycles. The highest BCUT2D eigenvalue weighted by molar-refractivity contribution is 4.41. The molecular formula is C35H72O18. The molecule has 0 saturated heterocycles. The second-order valence-corrected chi connectivity index (χ2v) is 10.6. The number of hydrogen-bond donors (Lipinski definition) is 1. The SMILES string of the molecule is COCCOCCOCCOCCOCCOCCOCCOCCCCOOCCOCCOCCOCCOCCOCCOCCOCCO. The molecule has 0 rings (SSSR count). The summed E-state index contributed by atoms with van der Waals surface area (Å²) in [7, 11) is 1.64. The van der Waals surface area contributed by atoms with E-state index in [4.69, 9.17) is 85.9 Å². The Balaban J connectivity index is 3.05. The normalized spacial score (nSPS) is 11.7. The Labute approximate surface area is 317 Å². The number of aliphatic hydroxyl groups excluding tert-OH is 1. The van der Waals surface area contributed by atoms with E-state index in [1.54, 1.807) is 7.11 Å². The highest BCUT2D eigenvalue weighted by atomic mass is 17.2. The van der Waals surface area contributed by atoms with Gasteiger partial charge in [-0.3, -0.25) is 0 Å². The smallest absolute Gasteiger partial charge is 0.106 e. The summed E-state index contributed by atoms with van der Waals surface area (Å²) < 4.78 is 80.7. The summed E-state index contributed by atoms with van der Waals surface area (Å²) in [6, 6.07) is 0. The van der Waals surface area contributed by atoms with E-state index in [-0.39, 0.29) is 6.61 Å². The van der Waals surface area contributed by atoms with Crippen molar-refractivity contribution in [3.05, 3.63) is 0 Å². The van der Waals surface area contributed by atoms with Crippen molar-refractivity contribution in [3.63, 3.8) is 0 Å². The maximum Gasteiger partial charge on any atom is 0.106 e. The van der Waals surface area contributed by atoms with E-state index in [0.29, 0.717) is 205 Å². The number of methoxy groups -OCH3 is 1. The van der Waals surface area contributed by atoms with Gasteiger partial charge in [-0.25, -0.2) is 9.78 Å². The summed E-state index contributed by atoms with van der Waals surface area (Å²) in [4.78, 5) is 10.3. The summed E-state index contributed by atoms with van der Waals surface area (Å²) in [6.07, 6.45) is 1.71. The van der Waals surface area contributed by atoms with Crippen LogP contribution in [0.5, 0.6) is 0 Å². The molecule has 0 saturated carbocycles. The molecule has 0 aliphatic rings. The Kier molecular flexibility index (Phi) is 50.6. The van der Waals surface area contributed by atoms with Crippen molar-refractivity contribution < 1.29 is 85.9 Å². The third-order valence-corrected chi connectivity index (χ3v) is 6.29. The van der Waals surface area contributed by atoms with Crippen LogP contribution in [0.25, 0.3) is 0 Å². The lowest BCUT2D eigenvalue weighted by Gasteiger charge is -2.09. The number of rotatable bonds is 50. The van der Waals surface area contributed by atoms with E-state index in [1.165, 1.54) is 0 Å². The van der Waals surface area contributed by atoms with Crippen LogP contribution in [0.1, 0.15) is 12.8 Å². The molecule has 320 valence electrons. The van der Waals surface area contributed by atoms with Crippen molar-refractivity contribution in [3.8, 4) is 0 Å². The highest BCUT2D eigenvalue weighted by Gasteiger charge is 1.98. The standard InChI is InChI=1S/C35H72O18/c1-37-8-9-40-14-15-43-20-21-46-26-27-47-24-22-44-18-16-41-12-10-38-5-2-3-6-52-53-35-34-51-33-32-50-31-30-49-29-28-48-25-23-45-19-17-42-13-11-39-7-4-36/h36H,2-35H2,1H3. The van der Waals surface area contributed by atoms with Crippen molar-refractivity contribution in [1.29, 1.82) is 0 Å². The molecule has 0 aromatic rings. The molecule has 0 aromatic carbocycles. The van der Waals surface area contributed by atoms with Gasteiger partial charge in [0.25, 0.3) is 0 Å². The topological polar surface area (TPSA) is 177 Å². The lowest BCUT2D eigenvalue weighted by atomic mass is 10.3. The molecule has 0 fully saturated rings. The first-order chi connectivity index (χ1) is 26.4. The third kappa shape index (κ3) is 51.3. The van der Waals surface area contributed by atoms with Crippen LogP contribution in [0.2, 0.25) is 0 Å². The van der Waals surface area contributed by atoms with Crippen molar-refractivity contribution >= 4 is 0 Å². The number of ether oxygens (including phenoxy) is 15. The summed E-state index contributed by atoms with van der Waals surface area (Å²) >= 11 is 0.